The van der Waals surface area contributed by atoms with Gasteiger partial charge in [-0.25, -0.2) is 9.18 Å². The number of pyridine rings is 1. The van der Waals surface area contributed by atoms with E-state index in [9.17, 15) is 14.3 Å². The summed E-state index contributed by atoms with van der Waals surface area (Å²) >= 11 is 5.70. The van der Waals surface area contributed by atoms with Gasteiger partial charge in [0.2, 0.25) is 0 Å². The number of hydrogen-bond donors (Lipinski definition) is 2. The van der Waals surface area contributed by atoms with Gasteiger partial charge in [-0.3, -0.25) is 4.98 Å². The lowest BCUT2D eigenvalue weighted by Crippen LogP contribution is -2.30. The minimum atomic E-state index is -0.992. The number of nitrogens with one attached hydrogen (secondary N) is 1. The van der Waals surface area contributed by atoms with Crippen molar-refractivity contribution in [3.05, 3.63) is 114 Å². The van der Waals surface area contributed by atoms with Crippen LogP contribution in [0.4, 0.5) is 10.1 Å². The molecule has 3 heterocycles. The van der Waals surface area contributed by atoms with Crippen LogP contribution in [0.5, 0.6) is 0 Å². The van der Waals surface area contributed by atoms with Crippen molar-refractivity contribution in [2.24, 2.45) is 0 Å². The van der Waals surface area contributed by atoms with Crippen molar-refractivity contribution < 1.29 is 14.3 Å². The third-order valence-corrected chi connectivity index (χ3v) is 5.97. The summed E-state index contributed by atoms with van der Waals surface area (Å²) in [6.45, 7) is 0. The van der Waals surface area contributed by atoms with Gasteiger partial charge in [-0.1, -0.05) is 12.1 Å². The number of halogens is 1. The fraction of sp³-hybridized carbons (Fsp3) is 0.0800. The fourth-order valence-electron chi connectivity index (χ4n) is 4.19. The lowest BCUT2D eigenvalue weighted by molar-refractivity contribution is 0.0697. The Morgan fingerprint density at radius 1 is 1.00 bits per heavy atom. The van der Waals surface area contributed by atoms with Gasteiger partial charge in [0.25, 0.3) is 0 Å². The van der Waals surface area contributed by atoms with Crippen LogP contribution in [0.2, 0.25) is 0 Å². The molecule has 1 aliphatic rings. The molecule has 33 heavy (non-hydrogen) atoms. The first-order valence-electron chi connectivity index (χ1n) is 10.3. The Morgan fingerprint density at radius 2 is 1.82 bits per heavy atom. The molecule has 6 nitrogen and oxygen atoms in total. The van der Waals surface area contributed by atoms with Gasteiger partial charge < -0.3 is 19.9 Å². The maximum Gasteiger partial charge on any atom is 0.335 e. The van der Waals surface area contributed by atoms with E-state index in [1.807, 2.05) is 52.1 Å². The van der Waals surface area contributed by atoms with Gasteiger partial charge >= 0.3 is 5.97 Å². The van der Waals surface area contributed by atoms with Crippen LogP contribution >= 0.6 is 12.2 Å². The SMILES string of the molecule is O=C(O)c1cccc(-n2cccc2[C@H]2[C@@H](c3ccccn3)NC(=S)N2c2ccc(F)cc2)c1. The molecule has 4 aromatic rings. The zero-order valence-corrected chi connectivity index (χ0v) is 18.1. The third kappa shape index (κ3) is 3.85. The second kappa shape index (κ2) is 8.48. The van der Waals surface area contributed by atoms with Crippen molar-refractivity contribution in [3.63, 3.8) is 0 Å². The van der Waals surface area contributed by atoms with E-state index >= 15 is 0 Å². The van der Waals surface area contributed by atoms with Crippen LogP contribution in [-0.2, 0) is 0 Å². The van der Waals surface area contributed by atoms with Crippen LogP contribution in [0.1, 0.15) is 33.8 Å². The second-order valence-corrected chi connectivity index (χ2v) is 8.02. The van der Waals surface area contributed by atoms with E-state index in [-0.39, 0.29) is 23.5 Å². The number of carboxylic acid groups (broad SMARTS) is 1. The smallest absolute Gasteiger partial charge is 0.335 e. The molecule has 0 amide bonds. The Hall–Kier alpha value is -4.04. The number of nitrogens with zero attached hydrogens (tertiary/aromatic N) is 3. The molecule has 2 N–H and O–H groups in total. The van der Waals surface area contributed by atoms with Gasteiger partial charge in [0.1, 0.15) is 11.9 Å². The number of benzene rings is 2. The molecule has 1 saturated heterocycles. The molecule has 0 saturated carbocycles. The predicted molar refractivity (Wildman–Crippen MR) is 127 cm³/mol. The Kier molecular flexibility index (Phi) is 5.35. The van der Waals surface area contributed by atoms with Crippen LogP contribution in [0.15, 0.2) is 91.3 Å². The van der Waals surface area contributed by atoms with E-state index < -0.39 is 5.97 Å². The average Bonchev–Trinajstić information content (AvgIpc) is 3.44. The quantitative estimate of drug-likeness (QED) is 0.415. The monoisotopic (exact) mass is 458 g/mol. The molecule has 1 fully saturated rings. The lowest BCUT2D eigenvalue weighted by atomic mass is 10.0. The number of aromatic nitrogens is 2. The zero-order chi connectivity index (χ0) is 22.9. The zero-order valence-electron chi connectivity index (χ0n) is 17.3. The van der Waals surface area contributed by atoms with Crippen molar-refractivity contribution >= 4 is 29.0 Å². The molecule has 2 atom stereocenters. The molecule has 0 radical (unpaired) electrons. The van der Waals surface area contributed by atoms with Gasteiger partial charge in [0.15, 0.2) is 5.11 Å². The van der Waals surface area contributed by atoms with Crippen molar-refractivity contribution in [2.75, 3.05) is 4.90 Å². The number of hydrogen-bond acceptors (Lipinski definition) is 3. The van der Waals surface area contributed by atoms with Gasteiger partial charge in [0.05, 0.1) is 17.3 Å². The first-order chi connectivity index (χ1) is 16.0. The molecule has 1 aliphatic heterocycles. The van der Waals surface area contributed by atoms with Crippen LogP contribution in [0.3, 0.4) is 0 Å². The van der Waals surface area contributed by atoms with Crippen molar-refractivity contribution in [3.8, 4) is 5.69 Å². The summed E-state index contributed by atoms with van der Waals surface area (Å²) < 4.78 is 15.6. The topological polar surface area (TPSA) is 70.4 Å². The van der Waals surface area contributed by atoms with Crippen LogP contribution < -0.4 is 10.2 Å². The molecular formula is C25H19FN4O2S. The van der Waals surface area contributed by atoms with E-state index in [0.29, 0.717) is 10.8 Å². The Labute approximate surface area is 194 Å². The van der Waals surface area contributed by atoms with Gasteiger partial charge in [-0.15, -0.1) is 0 Å². The van der Waals surface area contributed by atoms with Crippen molar-refractivity contribution in [1.29, 1.82) is 0 Å². The number of aromatic carboxylic acids is 1. The maximum atomic E-state index is 13.6. The van der Waals surface area contributed by atoms with E-state index in [4.69, 9.17) is 12.2 Å². The Balaban J connectivity index is 1.66. The highest BCUT2D eigenvalue weighted by Gasteiger charge is 2.42. The fourth-order valence-corrected chi connectivity index (χ4v) is 4.54. The van der Waals surface area contributed by atoms with Gasteiger partial charge in [-0.05, 0) is 78.9 Å². The molecule has 0 aliphatic carbocycles. The molecular weight excluding hydrogens is 439 g/mol. The Bertz CT molecular complexity index is 1320. The largest absolute Gasteiger partial charge is 0.478 e. The summed E-state index contributed by atoms with van der Waals surface area (Å²) in [5.74, 6) is -1.32. The average molecular weight is 459 g/mol. The van der Waals surface area contributed by atoms with Gasteiger partial charge in [-0.2, -0.15) is 0 Å². The maximum absolute atomic E-state index is 13.6. The summed E-state index contributed by atoms with van der Waals surface area (Å²) in [6, 6.07) is 21.9. The Morgan fingerprint density at radius 3 is 2.55 bits per heavy atom. The van der Waals surface area contributed by atoms with E-state index in [1.165, 1.54) is 12.1 Å². The van der Waals surface area contributed by atoms with Crippen LogP contribution in [-0.4, -0.2) is 25.7 Å². The highest BCUT2D eigenvalue weighted by molar-refractivity contribution is 7.80. The standard InChI is InChI=1S/C25H19FN4O2S/c26-17-9-11-18(12-10-17)30-23(22(28-25(30)33)20-7-1-2-13-27-20)21-8-4-14-29(21)19-6-3-5-16(15-19)24(31)32/h1-15,22-23H,(H,28,33)(H,31,32)/t22-,23+/m1/s1. The number of carbonyl (C=O) groups is 1. The van der Waals surface area contributed by atoms with Crippen LogP contribution in [0, 0.1) is 5.82 Å². The molecule has 0 bridgehead atoms. The second-order valence-electron chi connectivity index (χ2n) is 7.63. The highest BCUT2D eigenvalue weighted by Crippen LogP contribution is 2.42. The van der Waals surface area contributed by atoms with Crippen molar-refractivity contribution in [1.82, 2.24) is 14.9 Å². The molecule has 164 valence electrons. The number of carboxylic acids is 1. The molecule has 2 aromatic carbocycles. The number of thiocarbonyl (C=S) groups is 1. The summed E-state index contributed by atoms with van der Waals surface area (Å²) in [7, 11) is 0. The summed E-state index contributed by atoms with van der Waals surface area (Å²) in [5.41, 5.74) is 3.34. The molecule has 0 unspecified atom stereocenters. The molecule has 8 heteroatoms. The summed E-state index contributed by atoms with van der Waals surface area (Å²) in [5, 5.41) is 13.3. The molecule has 5 rings (SSSR count). The van der Waals surface area contributed by atoms with Gasteiger partial charge in [0, 0.05) is 29.5 Å². The van der Waals surface area contributed by atoms with Crippen molar-refractivity contribution in [2.45, 2.75) is 12.1 Å². The predicted octanol–water partition coefficient (Wildman–Crippen LogP) is 4.89. The first kappa shape index (κ1) is 20.8. The summed E-state index contributed by atoms with van der Waals surface area (Å²) in [4.78, 5) is 18.0. The lowest BCUT2D eigenvalue weighted by Gasteiger charge is -2.29. The highest BCUT2D eigenvalue weighted by atomic mass is 32.1. The molecule has 0 spiro atoms. The number of rotatable bonds is 5. The minimum absolute atomic E-state index is 0.198. The van der Waals surface area contributed by atoms with Crippen LogP contribution in [0.25, 0.3) is 5.69 Å². The minimum Gasteiger partial charge on any atom is -0.478 e. The third-order valence-electron chi connectivity index (χ3n) is 5.66. The first-order valence-corrected chi connectivity index (χ1v) is 10.7. The normalized spacial score (nSPS) is 17.7. The number of anilines is 1. The van der Waals surface area contributed by atoms with E-state index in [0.717, 1.165) is 17.1 Å². The van der Waals surface area contributed by atoms with E-state index in [1.54, 1.807) is 36.5 Å². The van der Waals surface area contributed by atoms with E-state index in [2.05, 4.69) is 10.3 Å². The summed E-state index contributed by atoms with van der Waals surface area (Å²) in [6.07, 6.45) is 3.61. The molecule has 2 aromatic heterocycles.